The average Bonchev–Trinajstić information content (AvgIpc) is 2.45. The van der Waals surface area contributed by atoms with Gasteiger partial charge < -0.3 is 10.6 Å². The van der Waals surface area contributed by atoms with E-state index in [9.17, 15) is 18.0 Å². The molecule has 0 aliphatic rings. The monoisotopic (exact) mass is 314 g/mol. The van der Waals surface area contributed by atoms with Crippen LogP contribution in [-0.2, 0) is 0 Å². The molecule has 0 atom stereocenters. The van der Waals surface area contributed by atoms with Crippen LogP contribution in [0.3, 0.4) is 0 Å². The standard InChI is InChI=1S/C14H10ClF3N2O/c1-20(12-6-8(15)2-3-11(12)19)14(21)7-4-9(16)13(18)10(17)5-7/h2-6H,19H2,1H3. The molecule has 0 bridgehead atoms. The molecular formula is C14H10ClF3N2O. The summed E-state index contributed by atoms with van der Waals surface area (Å²) in [6.07, 6.45) is 0. The van der Waals surface area contributed by atoms with E-state index in [1.807, 2.05) is 0 Å². The van der Waals surface area contributed by atoms with Gasteiger partial charge in [0.05, 0.1) is 11.4 Å². The average molecular weight is 315 g/mol. The molecule has 7 heteroatoms. The number of carbonyl (C=O) groups is 1. The summed E-state index contributed by atoms with van der Waals surface area (Å²) < 4.78 is 39.3. The molecule has 110 valence electrons. The van der Waals surface area contributed by atoms with Crippen molar-refractivity contribution in [3.05, 3.63) is 58.4 Å². The third kappa shape index (κ3) is 2.95. The van der Waals surface area contributed by atoms with Gasteiger partial charge in [-0.25, -0.2) is 13.2 Å². The van der Waals surface area contributed by atoms with Crippen molar-refractivity contribution >= 4 is 28.9 Å². The fourth-order valence-corrected chi connectivity index (χ4v) is 1.96. The molecule has 3 nitrogen and oxygen atoms in total. The number of hydrogen-bond donors (Lipinski definition) is 1. The van der Waals surface area contributed by atoms with Crippen molar-refractivity contribution < 1.29 is 18.0 Å². The number of hydrogen-bond acceptors (Lipinski definition) is 2. The minimum Gasteiger partial charge on any atom is -0.397 e. The van der Waals surface area contributed by atoms with Crippen molar-refractivity contribution in [2.24, 2.45) is 0 Å². The van der Waals surface area contributed by atoms with Crippen molar-refractivity contribution in [1.82, 2.24) is 0 Å². The zero-order chi connectivity index (χ0) is 15.7. The van der Waals surface area contributed by atoms with Gasteiger partial charge in [0.1, 0.15) is 0 Å². The SMILES string of the molecule is CN(C(=O)c1cc(F)c(F)c(F)c1)c1cc(Cl)ccc1N. The molecule has 1 amide bonds. The summed E-state index contributed by atoms with van der Waals surface area (Å²) in [5, 5.41) is 0.343. The molecule has 0 fully saturated rings. The fourth-order valence-electron chi connectivity index (χ4n) is 1.79. The molecule has 0 aliphatic heterocycles. The maximum absolute atomic E-state index is 13.2. The van der Waals surface area contributed by atoms with Crippen molar-refractivity contribution in [2.45, 2.75) is 0 Å². The van der Waals surface area contributed by atoms with Crippen LogP contribution in [0.1, 0.15) is 10.4 Å². The van der Waals surface area contributed by atoms with E-state index in [0.29, 0.717) is 17.2 Å². The van der Waals surface area contributed by atoms with Crippen LogP contribution in [0.2, 0.25) is 5.02 Å². The minimum atomic E-state index is -1.63. The summed E-state index contributed by atoms with van der Waals surface area (Å²) in [5.74, 6) is -5.25. The zero-order valence-electron chi connectivity index (χ0n) is 10.8. The lowest BCUT2D eigenvalue weighted by atomic mass is 10.1. The van der Waals surface area contributed by atoms with Gasteiger partial charge in [-0.1, -0.05) is 11.6 Å². The normalized spacial score (nSPS) is 10.5. The van der Waals surface area contributed by atoms with Crippen molar-refractivity contribution in [3.8, 4) is 0 Å². The van der Waals surface area contributed by atoms with Crippen LogP contribution in [0.25, 0.3) is 0 Å². The number of carbonyl (C=O) groups excluding carboxylic acids is 1. The first kappa shape index (κ1) is 15.2. The van der Waals surface area contributed by atoms with Crippen LogP contribution in [0.5, 0.6) is 0 Å². The highest BCUT2D eigenvalue weighted by Gasteiger charge is 2.20. The van der Waals surface area contributed by atoms with E-state index in [0.717, 1.165) is 4.90 Å². The van der Waals surface area contributed by atoms with E-state index in [-0.39, 0.29) is 16.9 Å². The van der Waals surface area contributed by atoms with Crippen molar-refractivity contribution in [3.63, 3.8) is 0 Å². The molecule has 2 aromatic carbocycles. The Kier molecular flexibility index (Phi) is 4.09. The Morgan fingerprint density at radius 2 is 1.71 bits per heavy atom. The fraction of sp³-hybridized carbons (Fsp3) is 0.0714. The highest BCUT2D eigenvalue weighted by molar-refractivity contribution is 6.31. The van der Waals surface area contributed by atoms with E-state index >= 15 is 0 Å². The molecular weight excluding hydrogens is 305 g/mol. The summed E-state index contributed by atoms with van der Waals surface area (Å²) in [6, 6.07) is 5.71. The molecule has 2 rings (SSSR count). The number of rotatable bonds is 2. The summed E-state index contributed by atoms with van der Waals surface area (Å²) in [7, 11) is 1.36. The third-order valence-electron chi connectivity index (χ3n) is 2.89. The molecule has 0 saturated carbocycles. The largest absolute Gasteiger partial charge is 0.397 e. The third-order valence-corrected chi connectivity index (χ3v) is 3.12. The van der Waals surface area contributed by atoms with Gasteiger partial charge in [0.15, 0.2) is 17.5 Å². The van der Waals surface area contributed by atoms with Gasteiger partial charge in [0.2, 0.25) is 0 Å². The Balaban J connectivity index is 2.42. The molecule has 0 spiro atoms. The van der Waals surface area contributed by atoms with Crippen LogP contribution < -0.4 is 10.6 Å². The van der Waals surface area contributed by atoms with E-state index in [1.165, 1.54) is 25.2 Å². The van der Waals surface area contributed by atoms with E-state index in [1.54, 1.807) is 0 Å². The first-order valence-electron chi connectivity index (χ1n) is 5.79. The van der Waals surface area contributed by atoms with Gasteiger partial charge >= 0.3 is 0 Å². The van der Waals surface area contributed by atoms with Gasteiger partial charge in [0, 0.05) is 17.6 Å². The second kappa shape index (κ2) is 5.65. The van der Waals surface area contributed by atoms with Crippen molar-refractivity contribution in [2.75, 3.05) is 17.7 Å². The molecule has 0 aliphatic carbocycles. The van der Waals surface area contributed by atoms with Crippen LogP contribution in [0, 0.1) is 17.5 Å². The molecule has 0 radical (unpaired) electrons. The highest BCUT2D eigenvalue weighted by Crippen LogP contribution is 2.27. The lowest BCUT2D eigenvalue weighted by Gasteiger charge is -2.19. The number of benzene rings is 2. The number of anilines is 2. The van der Waals surface area contributed by atoms with Gasteiger partial charge in [-0.15, -0.1) is 0 Å². The lowest BCUT2D eigenvalue weighted by molar-refractivity contribution is 0.0992. The molecule has 2 aromatic rings. The molecule has 2 N–H and O–H groups in total. The molecule has 0 aromatic heterocycles. The van der Waals surface area contributed by atoms with Crippen LogP contribution in [0.15, 0.2) is 30.3 Å². The number of nitrogen functional groups attached to an aromatic ring is 1. The summed E-state index contributed by atoms with van der Waals surface area (Å²) in [5.41, 5.74) is 5.93. The molecule has 0 saturated heterocycles. The highest BCUT2D eigenvalue weighted by atomic mass is 35.5. The predicted molar refractivity (Wildman–Crippen MR) is 74.9 cm³/mol. The Hall–Kier alpha value is -2.21. The molecule has 21 heavy (non-hydrogen) atoms. The maximum Gasteiger partial charge on any atom is 0.258 e. The second-order valence-corrected chi connectivity index (χ2v) is 4.76. The Labute approximate surface area is 123 Å². The van der Waals surface area contributed by atoms with E-state index < -0.39 is 23.4 Å². The zero-order valence-corrected chi connectivity index (χ0v) is 11.6. The van der Waals surface area contributed by atoms with E-state index in [2.05, 4.69) is 0 Å². The van der Waals surface area contributed by atoms with Gasteiger partial charge in [-0.05, 0) is 30.3 Å². The number of amides is 1. The lowest BCUT2D eigenvalue weighted by Crippen LogP contribution is -2.27. The Morgan fingerprint density at radius 1 is 1.14 bits per heavy atom. The van der Waals surface area contributed by atoms with Crippen molar-refractivity contribution in [1.29, 1.82) is 0 Å². The summed E-state index contributed by atoms with van der Waals surface area (Å²) in [6.45, 7) is 0. The maximum atomic E-state index is 13.2. The van der Waals surface area contributed by atoms with E-state index in [4.69, 9.17) is 17.3 Å². The second-order valence-electron chi connectivity index (χ2n) is 4.32. The molecule has 0 unspecified atom stereocenters. The predicted octanol–water partition coefficient (Wildman–Crippen LogP) is 3.62. The smallest absolute Gasteiger partial charge is 0.258 e. The Morgan fingerprint density at radius 3 is 2.29 bits per heavy atom. The van der Waals surface area contributed by atoms with Gasteiger partial charge in [-0.2, -0.15) is 0 Å². The first-order chi connectivity index (χ1) is 9.81. The summed E-state index contributed by atoms with van der Waals surface area (Å²) >= 11 is 5.82. The van der Waals surface area contributed by atoms with Crippen LogP contribution in [-0.4, -0.2) is 13.0 Å². The van der Waals surface area contributed by atoms with Crippen LogP contribution >= 0.6 is 11.6 Å². The van der Waals surface area contributed by atoms with Crippen LogP contribution in [0.4, 0.5) is 24.5 Å². The topological polar surface area (TPSA) is 46.3 Å². The van der Waals surface area contributed by atoms with Gasteiger partial charge in [-0.3, -0.25) is 4.79 Å². The first-order valence-corrected chi connectivity index (χ1v) is 6.16. The minimum absolute atomic E-state index is 0.262. The Bertz CT molecular complexity index is 698. The summed E-state index contributed by atoms with van der Waals surface area (Å²) in [4.78, 5) is 13.3. The molecule has 0 heterocycles. The number of nitrogens with zero attached hydrogens (tertiary/aromatic N) is 1. The number of halogens is 4. The quantitative estimate of drug-likeness (QED) is 0.680. The van der Waals surface area contributed by atoms with Gasteiger partial charge in [0.25, 0.3) is 5.91 Å². The number of nitrogens with two attached hydrogens (primary N) is 1.